The maximum Gasteiger partial charge on any atom is 0.0732 e. The minimum Gasteiger partial charge on any atom is -0.405 e. The minimum atomic E-state index is 0.147. The monoisotopic (exact) mass is 566 g/mol. The summed E-state index contributed by atoms with van der Waals surface area (Å²) in [4.78, 5) is 5.12. The van der Waals surface area contributed by atoms with Crippen molar-refractivity contribution < 1.29 is 9.47 Å². The highest BCUT2D eigenvalue weighted by molar-refractivity contribution is 6.04. The number of methoxy groups -OCH3 is 2. The Morgan fingerprint density at radius 3 is 2.31 bits per heavy atom. The molecule has 0 radical (unpaired) electrons. The molecule has 2 aromatic carbocycles. The number of nitrogens with zero attached hydrogens (tertiary/aromatic N) is 1. The Labute approximate surface area is 252 Å². The molecule has 0 unspecified atom stereocenters. The number of allylic oxidation sites excluding steroid dienone is 6. The van der Waals surface area contributed by atoms with Crippen LogP contribution in [0.3, 0.4) is 0 Å². The molecule has 0 heterocycles. The molecule has 2 aromatic rings. The molecule has 6 nitrogen and oxygen atoms in total. The van der Waals surface area contributed by atoms with Crippen molar-refractivity contribution in [3.63, 3.8) is 0 Å². The van der Waals surface area contributed by atoms with Crippen LogP contribution in [0.15, 0.2) is 120 Å². The van der Waals surface area contributed by atoms with Crippen molar-refractivity contribution in [2.75, 3.05) is 34.0 Å². The van der Waals surface area contributed by atoms with Gasteiger partial charge in [-0.2, -0.15) is 0 Å². The maximum absolute atomic E-state index is 8.16. The van der Waals surface area contributed by atoms with Gasteiger partial charge in [0.2, 0.25) is 0 Å². The van der Waals surface area contributed by atoms with Gasteiger partial charge in [0, 0.05) is 57.2 Å². The van der Waals surface area contributed by atoms with Crippen LogP contribution in [-0.2, 0) is 9.47 Å². The van der Waals surface area contributed by atoms with Crippen molar-refractivity contribution in [2.24, 2.45) is 16.6 Å². The summed E-state index contributed by atoms with van der Waals surface area (Å²) in [6.45, 7) is 14.3. The van der Waals surface area contributed by atoms with Crippen LogP contribution in [0.25, 0.3) is 16.8 Å². The topological polar surface area (TPSA) is 92.7 Å². The van der Waals surface area contributed by atoms with Crippen LogP contribution in [0.4, 0.5) is 5.69 Å². The van der Waals surface area contributed by atoms with Crippen molar-refractivity contribution in [2.45, 2.75) is 26.7 Å². The second-order valence-corrected chi connectivity index (χ2v) is 9.79. The van der Waals surface area contributed by atoms with Crippen molar-refractivity contribution in [3.8, 4) is 11.1 Å². The number of hydrogen-bond acceptors (Lipinski definition) is 6. The fourth-order valence-electron chi connectivity index (χ4n) is 4.53. The first-order valence-electron chi connectivity index (χ1n) is 14.2. The summed E-state index contributed by atoms with van der Waals surface area (Å²) in [7, 11) is 3.40. The zero-order chi connectivity index (χ0) is 30.7. The predicted octanol–water partition coefficient (Wildman–Crippen LogP) is 7.80. The summed E-state index contributed by atoms with van der Waals surface area (Å²) in [5, 5.41) is 11.6. The summed E-state index contributed by atoms with van der Waals surface area (Å²) in [5.41, 5.74) is 13.6. The van der Waals surface area contributed by atoms with Gasteiger partial charge in [0.15, 0.2) is 0 Å². The van der Waals surface area contributed by atoms with Crippen LogP contribution in [-0.4, -0.2) is 45.9 Å². The molecule has 222 valence electrons. The zero-order valence-electron chi connectivity index (χ0n) is 25.5. The molecule has 0 amide bonds. The first-order valence-corrected chi connectivity index (χ1v) is 14.2. The first kappa shape index (κ1) is 33.9. The van der Waals surface area contributed by atoms with Crippen LogP contribution in [0.2, 0.25) is 0 Å². The molecular formula is C36H46N4O2. The van der Waals surface area contributed by atoms with Gasteiger partial charge in [-0.05, 0) is 84.9 Å². The van der Waals surface area contributed by atoms with Crippen molar-refractivity contribution in [1.29, 1.82) is 5.41 Å². The predicted molar refractivity (Wildman–Crippen MR) is 180 cm³/mol. The van der Waals surface area contributed by atoms with Crippen LogP contribution in [0, 0.1) is 11.3 Å². The lowest BCUT2D eigenvalue weighted by Crippen LogP contribution is -2.15. The molecule has 4 N–H and O–H groups in total. The van der Waals surface area contributed by atoms with Gasteiger partial charge in [-0.3, -0.25) is 4.99 Å². The van der Waals surface area contributed by atoms with E-state index in [-0.39, 0.29) is 5.92 Å². The SMILES string of the molecule is C=C(/C=C\C=C/N)CNC(=C)c1c(N=C(C)C(/C=C(\C=N)C(CCOC)CCOC)=C/C)cccc1-c1ccccc1. The average molecular weight is 567 g/mol. The Bertz CT molecular complexity index is 1330. The second kappa shape index (κ2) is 19.0. The molecule has 0 aliphatic carbocycles. The molecule has 0 spiro atoms. The highest BCUT2D eigenvalue weighted by Gasteiger charge is 2.16. The number of nitrogens with two attached hydrogens (primary N) is 1. The van der Waals surface area contributed by atoms with E-state index in [9.17, 15) is 0 Å². The summed E-state index contributed by atoms with van der Waals surface area (Å²) in [6, 6.07) is 16.4. The summed E-state index contributed by atoms with van der Waals surface area (Å²) >= 11 is 0. The Hall–Kier alpha value is -4.26. The average Bonchev–Trinajstić information content (AvgIpc) is 3.01. The van der Waals surface area contributed by atoms with Gasteiger partial charge in [-0.15, -0.1) is 0 Å². The number of ether oxygens (including phenoxy) is 2. The fourth-order valence-corrected chi connectivity index (χ4v) is 4.53. The van der Waals surface area contributed by atoms with Crippen molar-refractivity contribution in [1.82, 2.24) is 5.32 Å². The highest BCUT2D eigenvalue weighted by Crippen LogP contribution is 2.35. The smallest absolute Gasteiger partial charge is 0.0732 e. The second-order valence-electron chi connectivity index (χ2n) is 9.79. The Balaban J connectivity index is 2.53. The zero-order valence-corrected chi connectivity index (χ0v) is 25.5. The maximum atomic E-state index is 8.16. The molecule has 0 saturated carbocycles. The van der Waals surface area contributed by atoms with Crippen molar-refractivity contribution >= 4 is 23.3 Å². The third kappa shape index (κ3) is 10.6. The van der Waals surface area contributed by atoms with E-state index >= 15 is 0 Å². The lowest BCUT2D eigenvalue weighted by Gasteiger charge is -2.19. The number of hydrogen-bond donors (Lipinski definition) is 3. The van der Waals surface area contributed by atoms with E-state index in [0.29, 0.717) is 19.8 Å². The molecule has 2 rings (SSSR count). The number of rotatable bonds is 18. The molecular weight excluding hydrogens is 520 g/mol. The van der Waals surface area contributed by atoms with Crippen LogP contribution in [0.1, 0.15) is 32.3 Å². The molecule has 0 fully saturated rings. The Kier molecular flexibility index (Phi) is 15.3. The summed E-state index contributed by atoms with van der Waals surface area (Å²) in [5.74, 6) is 0.147. The molecule has 0 aliphatic heterocycles. The third-order valence-electron chi connectivity index (χ3n) is 6.83. The fraction of sp³-hybridized carbons (Fsp3) is 0.278. The van der Waals surface area contributed by atoms with E-state index < -0.39 is 0 Å². The number of benzene rings is 2. The number of aliphatic imine (C=N–C) groups is 1. The molecule has 0 aromatic heterocycles. The summed E-state index contributed by atoms with van der Waals surface area (Å²) < 4.78 is 10.7. The van der Waals surface area contributed by atoms with Gasteiger partial charge in [0.25, 0.3) is 0 Å². The normalized spacial score (nSPS) is 12.8. The Morgan fingerprint density at radius 2 is 1.71 bits per heavy atom. The largest absolute Gasteiger partial charge is 0.405 e. The summed E-state index contributed by atoms with van der Waals surface area (Å²) in [6.07, 6.45) is 14.2. The van der Waals surface area contributed by atoms with E-state index in [2.05, 4.69) is 42.7 Å². The molecule has 42 heavy (non-hydrogen) atoms. The lowest BCUT2D eigenvalue weighted by molar-refractivity contribution is 0.157. The van der Waals surface area contributed by atoms with Crippen LogP contribution in [0.5, 0.6) is 0 Å². The van der Waals surface area contributed by atoms with Gasteiger partial charge in [-0.25, -0.2) is 0 Å². The van der Waals surface area contributed by atoms with Crippen LogP contribution >= 0.6 is 0 Å². The van der Waals surface area contributed by atoms with E-state index in [4.69, 9.17) is 25.6 Å². The van der Waals surface area contributed by atoms with Gasteiger partial charge < -0.3 is 25.9 Å². The third-order valence-corrected chi connectivity index (χ3v) is 6.83. The van der Waals surface area contributed by atoms with E-state index in [0.717, 1.165) is 63.3 Å². The molecule has 0 atom stereocenters. The van der Waals surface area contributed by atoms with Gasteiger partial charge in [0.05, 0.1) is 5.69 Å². The molecule has 0 bridgehead atoms. The number of nitrogens with one attached hydrogen (secondary N) is 2. The van der Waals surface area contributed by atoms with E-state index in [1.807, 2.05) is 62.4 Å². The quantitative estimate of drug-likeness (QED) is 0.127. The highest BCUT2D eigenvalue weighted by atomic mass is 16.5. The molecule has 6 heteroatoms. The minimum absolute atomic E-state index is 0.147. The van der Waals surface area contributed by atoms with E-state index in [1.54, 1.807) is 20.3 Å². The van der Waals surface area contributed by atoms with Crippen molar-refractivity contribution in [3.05, 3.63) is 121 Å². The van der Waals surface area contributed by atoms with Crippen LogP contribution < -0.4 is 11.1 Å². The first-order chi connectivity index (χ1) is 20.4. The van der Waals surface area contributed by atoms with Gasteiger partial charge in [-0.1, -0.05) is 73.9 Å². The van der Waals surface area contributed by atoms with Gasteiger partial charge in [0.1, 0.15) is 0 Å². The standard InChI is InChI=1S/C36H46N4O2/c1-7-30(24-33(25-38)31(19-22-41-5)20-23-42-6)28(3)40-35-18-13-17-34(32-15-9-8-10-16-32)36(35)29(4)39-26-27(2)14-11-12-21-37/h7-18,21,24-25,31,38-39H,2,4,19-20,22-23,26,37H2,1,3,5-6H3/b14-11-,21-12-,30-7+,33-24+,38-25?,40-28?. The van der Waals surface area contributed by atoms with Gasteiger partial charge >= 0.3 is 0 Å². The van der Waals surface area contributed by atoms with E-state index in [1.165, 1.54) is 12.4 Å². The lowest BCUT2D eigenvalue weighted by atomic mass is 9.91. The molecule has 0 saturated heterocycles. The Morgan fingerprint density at radius 1 is 1.02 bits per heavy atom. The molecule has 0 aliphatic rings.